The number of ether oxygens (including phenoxy) is 1. The molecule has 0 aromatic carbocycles. The van der Waals surface area contributed by atoms with E-state index in [0.717, 1.165) is 32.4 Å². The number of piperidine rings is 1. The number of hydrogen-bond acceptors (Lipinski definition) is 6. The standard InChI is InChI=1S/C14H21N5O3/c15-14-17-11(7-12(20)18-14)19-4-1-10(2-5-19)16-13(21)9-3-6-22-8-9/h7,9-10H,1-6,8H2,(H,16,21)(H3,15,17,18,20)/t9-/m0/s1. The number of nitrogens with one attached hydrogen (secondary N) is 2. The van der Waals surface area contributed by atoms with E-state index in [4.69, 9.17) is 10.5 Å². The van der Waals surface area contributed by atoms with Crippen LogP contribution in [0, 0.1) is 5.92 Å². The molecule has 2 fully saturated rings. The first-order valence-electron chi connectivity index (χ1n) is 7.62. The van der Waals surface area contributed by atoms with Gasteiger partial charge >= 0.3 is 0 Å². The second kappa shape index (κ2) is 6.35. The van der Waals surface area contributed by atoms with E-state index in [9.17, 15) is 9.59 Å². The van der Waals surface area contributed by atoms with Gasteiger partial charge in [0.15, 0.2) is 0 Å². The maximum Gasteiger partial charge on any atom is 0.254 e. The van der Waals surface area contributed by atoms with Gasteiger partial charge in [-0.15, -0.1) is 0 Å². The Balaban J connectivity index is 1.53. The quantitative estimate of drug-likeness (QED) is 0.692. The Morgan fingerprint density at radius 3 is 2.82 bits per heavy atom. The molecule has 120 valence electrons. The number of carbonyl (C=O) groups excluding carboxylic acids is 1. The van der Waals surface area contributed by atoms with E-state index in [1.54, 1.807) is 0 Å². The molecule has 0 bridgehead atoms. The van der Waals surface area contributed by atoms with Gasteiger partial charge in [-0.05, 0) is 19.3 Å². The maximum atomic E-state index is 12.1. The van der Waals surface area contributed by atoms with Crippen LogP contribution >= 0.6 is 0 Å². The minimum Gasteiger partial charge on any atom is -0.381 e. The average Bonchev–Trinajstić information content (AvgIpc) is 3.01. The molecule has 0 radical (unpaired) electrons. The summed E-state index contributed by atoms with van der Waals surface area (Å²) in [6.07, 6.45) is 2.46. The van der Waals surface area contributed by atoms with Crippen molar-refractivity contribution in [1.29, 1.82) is 0 Å². The zero-order chi connectivity index (χ0) is 15.5. The first kappa shape index (κ1) is 14.8. The molecule has 8 heteroatoms. The second-order valence-corrected chi connectivity index (χ2v) is 5.82. The van der Waals surface area contributed by atoms with Crippen LogP contribution in [0.15, 0.2) is 10.9 Å². The Kier molecular flexibility index (Phi) is 4.28. The monoisotopic (exact) mass is 307 g/mol. The molecule has 2 aliphatic rings. The highest BCUT2D eigenvalue weighted by molar-refractivity contribution is 5.79. The van der Waals surface area contributed by atoms with E-state index in [1.807, 2.05) is 4.90 Å². The lowest BCUT2D eigenvalue weighted by atomic mass is 10.0. The lowest BCUT2D eigenvalue weighted by Gasteiger charge is -2.33. The summed E-state index contributed by atoms with van der Waals surface area (Å²) < 4.78 is 5.24. The Hall–Kier alpha value is -2.09. The summed E-state index contributed by atoms with van der Waals surface area (Å²) in [4.78, 5) is 32.1. The van der Waals surface area contributed by atoms with Crippen molar-refractivity contribution in [2.24, 2.45) is 5.92 Å². The van der Waals surface area contributed by atoms with Crippen LogP contribution in [0.4, 0.5) is 11.8 Å². The number of H-pyrrole nitrogens is 1. The van der Waals surface area contributed by atoms with Crippen LogP contribution in [0.1, 0.15) is 19.3 Å². The summed E-state index contributed by atoms with van der Waals surface area (Å²) in [5, 5.41) is 3.10. The first-order chi connectivity index (χ1) is 10.6. The van der Waals surface area contributed by atoms with Gasteiger partial charge in [-0.25, -0.2) is 0 Å². The highest BCUT2D eigenvalue weighted by Gasteiger charge is 2.27. The van der Waals surface area contributed by atoms with Crippen LogP contribution in [0.5, 0.6) is 0 Å². The van der Waals surface area contributed by atoms with Gasteiger partial charge in [0.2, 0.25) is 11.9 Å². The van der Waals surface area contributed by atoms with Crippen molar-refractivity contribution >= 4 is 17.7 Å². The summed E-state index contributed by atoms with van der Waals surface area (Å²) in [5.41, 5.74) is 5.32. The third-order valence-electron chi connectivity index (χ3n) is 4.21. The van der Waals surface area contributed by atoms with E-state index in [-0.39, 0.29) is 29.4 Å². The molecule has 2 saturated heterocycles. The molecular formula is C14H21N5O3. The number of carbonyl (C=O) groups is 1. The smallest absolute Gasteiger partial charge is 0.254 e. The average molecular weight is 307 g/mol. The van der Waals surface area contributed by atoms with Crippen molar-refractivity contribution in [3.05, 3.63) is 16.4 Å². The molecule has 1 aromatic heterocycles. The van der Waals surface area contributed by atoms with Crippen molar-refractivity contribution in [3.8, 4) is 0 Å². The van der Waals surface area contributed by atoms with Crippen LogP contribution in [0.3, 0.4) is 0 Å². The SMILES string of the molecule is Nc1nc(N2CCC(NC(=O)[C@H]3CCOC3)CC2)cc(=O)[nH]1. The Morgan fingerprint density at radius 1 is 1.41 bits per heavy atom. The summed E-state index contributed by atoms with van der Waals surface area (Å²) in [5.74, 6) is 0.802. The third kappa shape index (κ3) is 3.38. The number of nitrogens with two attached hydrogens (primary N) is 1. The van der Waals surface area contributed by atoms with E-state index in [2.05, 4.69) is 15.3 Å². The van der Waals surface area contributed by atoms with Crippen LogP contribution in [-0.4, -0.2) is 48.2 Å². The van der Waals surface area contributed by atoms with Gasteiger partial charge in [0.25, 0.3) is 5.56 Å². The van der Waals surface area contributed by atoms with Crippen LogP contribution in [0.25, 0.3) is 0 Å². The number of nitrogen functional groups attached to an aromatic ring is 1. The second-order valence-electron chi connectivity index (χ2n) is 5.82. The van der Waals surface area contributed by atoms with Crippen LogP contribution in [0.2, 0.25) is 0 Å². The minimum absolute atomic E-state index is 0.00724. The zero-order valence-corrected chi connectivity index (χ0v) is 12.4. The summed E-state index contributed by atoms with van der Waals surface area (Å²) in [6, 6.07) is 1.62. The molecule has 0 spiro atoms. The number of anilines is 2. The number of aromatic nitrogens is 2. The van der Waals surface area contributed by atoms with Crippen molar-refractivity contribution in [1.82, 2.24) is 15.3 Å². The van der Waals surface area contributed by atoms with Crippen LogP contribution < -0.4 is 21.5 Å². The van der Waals surface area contributed by atoms with Gasteiger partial charge < -0.3 is 20.7 Å². The van der Waals surface area contributed by atoms with E-state index in [0.29, 0.717) is 19.0 Å². The Labute approximate surface area is 128 Å². The fraction of sp³-hybridized carbons (Fsp3) is 0.643. The Bertz CT molecular complexity index is 588. The molecule has 3 heterocycles. The molecule has 22 heavy (non-hydrogen) atoms. The normalized spacial score (nSPS) is 22.7. The van der Waals surface area contributed by atoms with Crippen molar-refractivity contribution in [2.75, 3.05) is 36.9 Å². The predicted molar refractivity (Wildman–Crippen MR) is 81.6 cm³/mol. The number of nitrogens with zero attached hydrogens (tertiary/aromatic N) is 2. The van der Waals surface area contributed by atoms with Crippen LogP contribution in [-0.2, 0) is 9.53 Å². The molecule has 3 rings (SSSR count). The first-order valence-corrected chi connectivity index (χ1v) is 7.62. The molecule has 0 aliphatic carbocycles. The van der Waals surface area contributed by atoms with Crippen molar-refractivity contribution in [2.45, 2.75) is 25.3 Å². The Morgan fingerprint density at radius 2 is 2.18 bits per heavy atom. The summed E-state index contributed by atoms with van der Waals surface area (Å²) >= 11 is 0. The number of amides is 1. The van der Waals surface area contributed by atoms with Gasteiger partial charge in [0.1, 0.15) is 5.82 Å². The number of hydrogen-bond donors (Lipinski definition) is 3. The highest BCUT2D eigenvalue weighted by Crippen LogP contribution is 2.18. The van der Waals surface area contributed by atoms with Gasteiger partial charge in [-0.2, -0.15) is 4.98 Å². The number of rotatable bonds is 3. The van der Waals surface area contributed by atoms with E-state index in [1.165, 1.54) is 6.07 Å². The molecule has 1 amide bonds. The molecule has 1 atom stereocenters. The predicted octanol–water partition coefficient (Wildman–Crippen LogP) is -0.526. The fourth-order valence-electron chi connectivity index (χ4n) is 2.94. The third-order valence-corrected chi connectivity index (χ3v) is 4.21. The van der Waals surface area contributed by atoms with Gasteiger partial charge in [-0.1, -0.05) is 0 Å². The van der Waals surface area contributed by atoms with E-state index < -0.39 is 0 Å². The summed E-state index contributed by atoms with van der Waals surface area (Å²) in [6.45, 7) is 2.68. The molecular weight excluding hydrogens is 286 g/mol. The minimum atomic E-state index is -0.251. The molecule has 1 aromatic rings. The lowest BCUT2D eigenvalue weighted by molar-refractivity contribution is -0.125. The molecule has 2 aliphatic heterocycles. The molecule has 0 unspecified atom stereocenters. The van der Waals surface area contributed by atoms with Crippen molar-refractivity contribution < 1.29 is 9.53 Å². The molecule has 8 nitrogen and oxygen atoms in total. The largest absolute Gasteiger partial charge is 0.381 e. The fourth-order valence-corrected chi connectivity index (χ4v) is 2.94. The van der Waals surface area contributed by atoms with Crippen molar-refractivity contribution in [3.63, 3.8) is 0 Å². The van der Waals surface area contributed by atoms with Gasteiger partial charge in [-0.3, -0.25) is 14.6 Å². The lowest BCUT2D eigenvalue weighted by Crippen LogP contribution is -2.46. The van der Waals surface area contributed by atoms with Gasteiger partial charge in [0.05, 0.1) is 12.5 Å². The zero-order valence-electron chi connectivity index (χ0n) is 12.4. The topological polar surface area (TPSA) is 113 Å². The van der Waals surface area contributed by atoms with Gasteiger partial charge in [0, 0.05) is 31.8 Å². The maximum absolute atomic E-state index is 12.1. The highest BCUT2D eigenvalue weighted by atomic mass is 16.5. The van der Waals surface area contributed by atoms with E-state index >= 15 is 0 Å². The molecule has 0 saturated carbocycles. The molecule has 4 N–H and O–H groups in total. The number of aromatic amines is 1. The summed E-state index contributed by atoms with van der Waals surface area (Å²) in [7, 11) is 0.